The highest BCUT2D eigenvalue weighted by molar-refractivity contribution is 6.32. The maximum Gasteiger partial charge on any atom is 0.313 e. The van der Waals surface area contributed by atoms with Gasteiger partial charge in [0.15, 0.2) is 0 Å². The molecule has 1 heterocycles. The van der Waals surface area contributed by atoms with E-state index >= 15 is 0 Å². The zero-order valence-corrected chi connectivity index (χ0v) is 21.6. The summed E-state index contributed by atoms with van der Waals surface area (Å²) >= 11 is 6.48. The summed E-state index contributed by atoms with van der Waals surface area (Å²) in [6, 6.07) is 19.0. The van der Waals surface area contributed by atoms with Crippen molar-refractivity contribution in [2.24, 2.45) is 0 Å². The number of carbonyl (C=O) groups excluding carboxylic acids is 2. The number of ether oxygens (including phenoxy) is 3. The van der Waals surface area contributed by atoms with Gasteiger partial charge in [0.2, 0.25) is 0 Å². The molecule has 1 N–H and O–H groups in total. The third-order valence-electron chi connectivity index (χ3n) is 6.75. The van der Waals surface area contributed by atoms with E-state index in [4.69, 9.17) is 25.8 Å². The summed E-state index contributed by atoms with van der Waals surface area (Å²) in [5, 5.41) is 3.34. The van der Waals surface area contributed by atoms with E-state index in [1.807, 2.05) is 0 Å². The van der Waals surface area contributed by atoms with Gasteiger partial charge in [-0.3, -0.25) is 9.59 Å². The molecule has 0 radical (unpaired) electrons. The van der Waals surface area contributed by atoms with Crippen molar-refractivity contribution < 1.29 is 23.8 Å². The minimum absolute atomic E-state index is 0.133. The lowest BCUT2D eigenvalue weighted by atomic mass is 9.93. The summed E-state index contributed by atoms with van der Waals surface area (Å²) < 4.78 is 16.9. The molecule has 1 unspecified atom stereocenters. The number of carbonyl (C=O) groups is 2. The van der Waals surface area contributed by atoms with Crippen molar-refractivity contribution in [2.45, 2.75) is 44.4 Å². The van der Waals surface area contributed by atoms with E-state index in [1.54, 1.807) is 43.3 Å². The highest BCUT2D eigenvalue weighted by Gasteiger charge is 2.30. The first kappa shape index (κ1) is 25.2. The Morgan fingerprint density at radius 3 is 2.49 bits per heavy atom. The van der Waals surface area contributed by atoms with Gasteiger partial charge in [0.1, 0.15) is 17.2 Å². The quantitative estimate of drug-likeness (QED) is 0.331. The molecule has 7 heteroatoms. The van der Waals surface area contributed by atoms with Gasteiger partial charge in [0.25, 0.3) is 5.91 Å². The molecule has 37 heavy (non-hydrogen) atoms. The first-order valence-corrected chi connectivity index (χ1v) is 13.2. The Bertz CT molecular complexity index is 1270. The second-order valence-electron chi connectivity index (χ2n) is 9.41. The summed E-state index contributed by atoms with van der Waals surface area (Å²) in [6.07, 6.45) is 3.92. The molecule has 1 aliphatic heterocycles. The number of hydrogen-bond donors (Lipinski definition) is 1. The molecular formula is C30H30ClNO5. The largest absolute Gasteiger partial charge is 0.493 e. The predicted octanol–water partition coefficient (Wildman–Crippen LogP) is 6.41. The third-order valence-corrected chi connectivity index (χ3v) is 7.04. The lowest BCUT2D eigenvalue weighted by Crippen LogP contribution is -2.25. The Morgan fingerprint density at radius 1 is 1.03 bits per heavy atom. The van der Waals surface area contributed by atoms with Crippen molar-refractivity contribution in [2.75, 3.05) is 19.8 Å². The number of fused-ring (bicyclic) bond motifs is 1. The average molecular weight is 520 g/mol. The molecule has 2 aliphatic rings. The number of nitrogens with one attached hydrogen (secondary N) is 1. The minimum Gasteiger partial charge on any atom is -0.493 e. The van der Waals surface area contributed by atoms with Crippen LogP contribution in [0.5, 0.6) is 17.2 Å². The number of benzene rings is 3. The fraction of sp³-hybridized carbons (Fsp3) is 0.333. The number of amides is 1. The lowest BCUT2D eigenvalue weighted by molar-refractivity contribution is -0.145. The molecule has 1 amide bonds. The van der Waals surface area contributed by atoms with Crippen molar-refractivity contribution in [1.82, 2.24) is 5.32 Å². The Hall–Kier alpha value is -3.51. The van der Waals surface area contributed by atoms with Crippen LogP contribution in [0.4, 0.5) is 0 Å². The van der Waals surface area contributed by atoms with Gasteiger partial charge in [-0.1, -0.05) is 35.9 Å². The van der Waals surface area contributed by atoms with Crippen molar-refractivity contribution in [3.05, 3.63) is 87.9 Å². The Labute approximate surface area is 221 Å². The number of hydrogen-bond acceptors (Lipinski definition) is 5. The molecule has 5 rings (SSSR count). The predicted molar refractivity (Wildman–Crippen MR) is 142 cm³/mol. The molecule has 0 saturated heterocycles. The summed E-state index contributed by atoms with van der Waals surface area (Å²) in [4.78, 5) is 24.9. The van der Waals surface area contributed by atoms with Gasteiger partial charge >= 0.3 is 5.97 Å². The molecule has 192 valence electrons. The molecule has 1 fully saturated rings. The normalized spacial score (nSPS) is 16.3. The van der Waals surface area contributed by atoms with Crippen LogP contribution in [0, 0.1) is 0 Å². The maximum atomic E-state index is 12.6. The van der Waals surface area contributed by atoms with Gasteiger partial charge in [-0.2, -0.15) is 0 Å². The second-order valence-corrected chi connectivity index (χ2v) is 9.82. The van der Waals surface area contributed by atoms with Crippen LogP contribution in [0.15, 0.2) is 60.7 Å². The van der Waals surface area contributed by atoms with Crippen molar-refractivity contribution in [1.29, 1.82) is 0 Å². The van der Waals surface area contributed by atoms with Crippen molar-refractivity contribution in [3.8, 4) is 17.2 Å². The molecule has 6 nitrogen and oxygen atoms in total. The number of rotatable bonds is 9. The summed E-state index contributed by atoms with van der Waals surface area (Å²) in [5.74, 6) is 1.43. The van der Waals surface area contributed by atoms with Crippen LogP contribution in [-0.2, 0) is 16.0 Å². The van der Waals surface area contributed by atoms with Gasteiger partial charge < -0.3 is 19.5 Å². The Kier molecular flexibility index (Phi) is 7.65. The first-order chi connectivity index (χ1) is 18.0. The van der Waals surface area contributed by atoms with E-state index in [0.29, 0.717) is 59.6 Å². The average Bonchev–Trinajstić information content (AvgIpc) is 3.75. The van der Waals surface area contributed by atoms with E-state index in [-0.39, 0.29) is 11.9 Å². The van der Waals surface area contributed by atoms with Crippen LogP contribution < -0.4 is 14.8 Å². The minimum atomic E-state index is -0.407. The van der Waals surface area contributed by atoms with E-state index in [9.17, 15) is 9.59 Å². The fourth-order valence-electron chi connectivity index (χ4n) is 4.55. The zero-order chi connectivity index (χ0) is 25.8. The second kappa shape index (κ2) is 11.3. The van der Waals surface area contributed by atoms with Crippen LogP contribution in [0.2, 0.25) is 5.02 Å². The van der Waals surface area contributed by atoms with Crippen molar-refractivity contribution in [3.63, 3.8) is 0 Å². The topological polar surface area (TPSA) is 73.9 Å². The molecule has 1 atom stereocenters. The highest BCUT2D eigenvalue weighted by atomic mass is 35.5. The van der Waals surface area contributed by atoms with E-state index < -0.39 is 5.92 Å². The van der Waals surface area contributed by atoms with E-state index in [1.165, 1.54) is 24.0 Å². The molecule has 0 bridgehead atoms. The highest BCUT2D eigenvalue weighted by Crippen LogP contribution is 2.42. The van der Waals surface area contributed by atoms with Crippen molar-refractivity contribution >= 4 is 23.5 Å². The van der Waals surface area contributed by atoms with Crippen LogP contribution >= 0.6 is 11.6 Å². The number of halogens is 1. The summed E-state index contributed by atoms with van der Waals surface area (Å²) in [5.41, 5.74) is 3.88. The van der Waals surface area contributed by atoms with Crippen LogP contribution in [-0.4, -0.2) is 31.6 Å². The smallest absolute Gasteiger partial charge is 0.313 e. The number of esters is 1. The maximum absolute atomic E-state index is 12.6. The van der Waals surface area contributed by atoms with Gasteiger partial charge in [0, 0.05) is 23.7 Å². The van der Waals surface area contributed by atoms with Gasteiger partial charge in [-0.05, 0) is 80.0 Å². The molecule has 0 aromatic heterocycles. The van der Waals surface area contributed by atoms with Crippen LogP contribution in [0.3, 0.4) is 0 Å². The first-order valence-electron chi connectivity index (χ1n) is 12.8. The summed E-state index contributed by atoms with van der Waals surface area (Å²) in [6.45, 7) is 3.08. The van der Waals surface area contributed by atoms with Gasteiger partial charge in [-0.25, -0.2) is 0 Å². The zero-order valence-electron chi connectivity index (χ0n) is 20.8. The Morgan fingerprint density at radius 2 is 1.78 bits per heavy atom. The lowest BCUT2D eigenvalue weighted by Gasteiger charge is -2.25. The van der Waals surface area contributed by atoms with Crippen LogP contribution in [0.1, 0.15) is 65.1 Å². The molecule has 3 aromatic carbocycles. The van der Waals surface area contributed by atoms with E-state index in [2.05, 4.69) is 29.6 Å². The standard InChI is InChI=1S/C30H30ClNO5/c1-2-35-30(34)24-14-16-36-27-18-28(26(31)17-25(24)27)37-23-11-9-22(10-12-23)29(33)32-15-13-19-3-5-20(6-4-19)21-7-8-21/h3-6,9-12,17-18,21,24H,2,7-8,13-16H2,1H3,(H,32,33). The van der Waals surface area contributed by atoms with Crippen LogP contribution in [0.25, 0.3) is 0 Å². The molecule has 1 aliphatic carbocycles. The molecule has 0 spiro atoms. The summed E-state index contributed by atoms with van der Waals surface area (Å²) in [7, 11) is 0. The Balaban J connectivity index is 1.17. The fourth-order valence-corrected chi connectivity index (χ4v) is 4.76. The van der Waals surface area contributed by atoms with E-state index in [0.717, 1.165) is 12.3 Å². The molecular weight excluding hydrogens is 490 g/mol. The van der Waals surface area contributed by atoms with Gasteiger partial charge in [0.05, 0.1) is 24.2 Å². The SMILES string of the molecule is CCOC(=O)C1CCOc2cc(Oc3ccc(C(=O)NCCc4ccc(C5CC5)cc4)cc3)c(Cl)cc21. The van der Waals surface area contributed by atoms with Gasteiger partial charge in [-0.15, -0.1) is 0 Å². The molecule has 1 saturated carbocycles. The third kappa shape index (κ3) is 6.08. The monoisotopic (exact) mass is 519 g/mol. The molecule has 3 aromatic rings.